The van der Waals surface area contributed by atoms with E-state index in [0.29, 0.717) is 33.7 Å². The fraction of sp³-hybridized carbons (Fsp3) is 0.321. The number of halogens is 1. The van der Waals surface area contributed by atoms with E-state index < -0.39 is 5.82 Å². The van der Waals surface area contributed by atoms with Crippen LogP contribution in [0.15, 0.2) is 54.7 Å². The summed E-state index contributed by atoms with van der Waals surface area (Å²) < 4.78 is 19.9. The molecule has 0 saturated carbocycles. The monoisotopic (exact) mass is 502 g/mol. The maximum atomic E-state index is 14.6. The summed E-state index contributed by atoms with van der Waals surface area (Å²) in [4.78, 5) is 22.2. The lowest BCUT2D eigenvalue weighted by Crippen LogP contribution is -2.53. The molecule has 5 rings (SSSR count). The number of aromatic amines is 1. The molecule has 8 nitrogen and oxygen atoms in total. The molecule has 3 heterocycles. The first-order valence-corrected chi connectivity index (χ1v) is 12.3. The highest BCUT2D eigenvalue weighted by Gasteiger charge is 2.26. The Kier molecular flexibility index (Phi) is 6.55. The number of nitrogens with one attached hydrogen (secondary N) is 2. The van der Waals surface area contributed by atoms with Gasteiger partial charge in [0.1, 0.15) is 11.6 Å². The lowest BCUT2D eigenvalue weighted by Gasteiger charge is -2.43. The standard InChI is InChI=1S/C28H31FN6O2/c1-28(2,3)35-14-12-34(13-15-35)19-10-8-18(9-11-19)27(36)31-26-20-16-22(30-17-23(20)32-33-26)25-21(29)6-5-7-24(25)37-4/h5-11,16-17H,12-15H2,1-4H3,(H2,31,32,33,36). The molecule has 0 unspecified atom stereocenters. The summed E-state index contributed by atoms with van der Waals surface area (Å²) in [7, 11) is 1.48. The highest BCUT2D eigenvalue weighted by molar-refractivity contribution is 6.08. The van der Waals surface area contributed by atoms with E-state index in [1.54, 1.807) is 24.4 Å². The minimum Gasteiger partial charge on any atom is -0.496 e. The van der Waals surface area contributed by atoms with E-state index in [1.165, 1.54) is 13.2 Å². The quantitative estimate of drug-likeness (QED) is 0.402. The largest absolute Gasteiger partial charge is 0.496 e. The third-order valence-electron chi connectivity index (χ3n) is 6.85. The van der Waals surface area contributed by atoms with Crippen molar-refractivity contribution in [3.63, 3.8) is 0 Å². The molecule has 1 aliphatic rings. The van der Waals surface area contributed by atoms with Gasteiger partial charge in [-0.3, -0.25) is 19.8 Å². The number of methoxy groups -OCH3 is 1. The number of hydrogen-bond donors (Lipinski definition) is 2. The molecule has 1 fully saturated rings. The van der Waals surface area contributed by atoms with Gasteiger partial charge in [-0.1, -0.05) is 6.07 Å². The van der Waals surface area contributed by atoms with Crippen molar-refractivity contribution in [2.24, 2.45) is 0 Å². The highest BCUT2D eigenvalue weighted by atomic mass is 19.1. The Morgan fingerprint density at radius 3 is 2.49 bits per heavy atom. The molecule has 0 bridgehead atoms. The molecule has 2 aromatic heterocycles. The minimum absolute atomic E-state index is 0.169. The number of carbonyl (C=O) groups excluding carboxylic acids is 1. The van der Waals surface area contributed by atoms with Crippen LogP contribution in [0.4, 0.5) is 15.9 Å². The molecule has 1 amide bonds. The molecular weight excluding hydrogens is 471 g/mol. The average Bonchev–Trinajstić information content (AvgIpc) is 3.30. The second kappa shape index (κ2) is 9.82. The van der Waals surface area contributed by atoms with Crippen molar-refractivity contribution < 1.29 is 13.9 Å². The first-order chi connectivity index (χ1) is 17.7. The Bertz CT molecular complexity index is 1420. The Morgan fingerprint density at radius 2 is 1.81 bits per heavy atom. The average molecular weight is 503 g/mol. The number of ether oxygens (including phenoxy) is 1. The Hall–Kier alpha value is -3.98. The molecule has 1 saturated heterocycles. The number of rotatable bonds is 5. The fourth-order valence-corrected chi connectivity index (χ4v) is 4.71. The number of piperazine rings is 1. The number of fused-ring (bicyclic) bond motifs is 1. The maximum absolute atomic E-state index is 14.6. The zero-order valence-electron chi connectivity index (χ0n) is 21.5. The van der Waals surface area contributed by atoms with Gasteiger partial charge in [0.15, 0.2) is 5.82 Å². The van der Waals surface area contributed by atoms with Crippen LogP contribution in [0, 0.1) is 5.82 Å². The first-order valence-electron chi connectivity index (χ1n) is 12.3. The van der Waals surface area contributed by atoms with E-state index >= 15 is 0 Å². The predicted molar refractivity (Wildman–Crippen MR) is 144 cm³/mol. The smallest absolute Gasteiger partial charge is 0.256 e. The summed E-state index contributed by atoms with van der Waals surface area (Å²) >= 11 is 0. The van der Waals surface area contributed by atoms with Gasteiger partial charge in [-0.25, -0.2) is 4.39 Å². The molecule has 2 aromatic carbocycles. The van der Waals surface area contributed by atoms with Gasteiger partial charge >= 0.3 is 0 Å². The van der Waals surface area contributed by atoms with Crippen molar-refractivity contribution >= 4 is 28.3 Å². The van der Waals surface area contributed by atoms with Crippen LogP contribution in [-0.4, -0.2) is 64.8 Å². The second-order valence-corrected chi connectivity index (χ2v) is 10.2. The third kappa shape index (κ3) is 4.99. The molecule has 0 aliphatic carbocycles. The van der Waals surface area contributed by atoms with Gasteiger partial charge in [0.05, 0.1) is 30.1 Å². The van der Waals surface area contributed by atoms with Crippen molar-refractivity contribution in [2.75, 3.05) is 43.5 Å². The Labute approximate surface area is 215 Å². The number of H-pyrrole nitrogens is 1. The van der Waals surface area contributed by atoms with Crippen molar-refractivity contribution in [1.82, 2.24) is 20.1 Å². The van der Waals surface area contributed by atoms with E-state index in [1.807, 2.05) is 24.3 Å². The maximum Gasteiger partial charge on any atom is 0.256 e. The molecular formula is C28H31FN6O2. The van der Waals surface area contributed by atoms with Gasteiger partial charge in [0, 0.05) is 48.4 Å². The van der Waals surface area contributed by atoms with E-state index in [-0.39, 0.29) is 17.0 Å². The number of nitrogens with zero attached hydrogens (tertiary/aromatic N) is 4. The number of aromatic nitrogens is 3. The summed E-state index contributed by atoms with van der Waals surface area (Å²) in [5.41, 5.74) is 3.06. The molecule has 0 spiro atoms. The molecule has 0 radical (unpaired) electrons. The van der Waals surface area contributed by atoms with Crippen LogP contribution in [0.3, 0.4) is 0 Å². The van der Waals surface area contributed by atoms with Crippen LogP contribution in [0.5, 0.6) is 5.75 Å². The van der Waals surface area contributed by atoms with Gasteiger partial charge in [0.2, 0.25) is 0 Å². The predicted octanol–water partition coefficient (Wildman–Crippen LogP) is 4.95. The normalized spacial score (nSPS) is 14.7. The van der Waals surface area contributed by atoms with Crippen LogP contribution in [0.25, 0.3) is 22.2 Å². The fourth-order valence-electron chi connectivity index (χ4n) is 4.71. The van der Waals surface area contributed by atoms with E-state index in [2.05, 4.69) is 51.1 Å². The minimum atomic E-state index is -0.444. The van der Waals surface area contributed by atoms with E-state index in [9.17, 15) is 9.18 Å². The topological polar surface area (TPSA) is 86.4 Å². The van der Waals surface area contributed by atoms with Crippen LogP contribution >= 0.6 is 0 Å². The van der Waals surface area contributed by atoms with E-state index in [0.717, 1.165) is 31.9 Å². The van der Waals surface area contributed by atoms with Crippen LogP contribution < -0.4 is 15.0 Å². The summed E-state index contributed by atoms with van der Waals surface area (Å²) in [6.45, 7) is 10.6. The molecule has 1 aliphatic heterocycles. The molecule has 192 valence electrons. The SMILES string of the molecule is COc1cccc(F)c1-c1cc2c(NC(=O)c3ccc(N4CCN(C(C)(C)C)CC4)cc3)n[nH]c2cn1. The number of amides is 1. The van der Waals surface area contributed by atoms with Crippen molar-refractivity contribution in [3.8, 4) is 17.0 Å². The summed E-state index contributed by atoms with van der Waals surface area (Å²) in [6, 6.07) is 13.9. The molecule has 2 N–H and O–H groups in total. The number of benzene rings is 2. The van der Waals surface area contributed by atoms with Gasteiger partial charge in [-0.15, -0.1) is 0 Å². The first kappa shape index (κ1) is 24.7. The summed E-state index contributed by atoms with van der Waals surface area (Å²) in [5, 5.41) is 10.6. The number of anilines is 2. The number of hydrogen-bond acceptors (Lipinski definition) is 6. The third-order valence-corrected chi connectivity index (χ3v) is 6.85. The Morgan fingerprint density at radius 1 is 1.08 bits per heavy atom. The van der Waals surface area contributed by atoms with Crippen LogP contribution in [0.1, 0.15) is 31.1 Å². The van der Waals surface area contributed by atoms with E-state index in [4.69, 9.17) is 4.74 Å². The van der Waals surface area contributed by atoms with Crippen LogP contribution in [0.2, 0.25) is 0 Å². The van der Waals surface area contributed by atoms with Crippen molar-refractivity contribution in [1.29, 1.82) is 0 Å². The lowest BCUT2D eigenvalue weighted by molar-refractivity contribution is 0.102. The number of pyridine rings is 1. The Balaban J connectivity index is 1.32. The zero-order valence-corrected chi connectivity index (χ0v) is 21.5. The van der Waals surface area contributed by atoms with Gasteiger partial charge < -0.3 is 15.0 Å². The zero-order chi connectivity index (χ0) is 26.2. The second-order valence-electron chi connectivity index (χ2n) is 10.2. The molecule has 4 aromatic rings. The van der Waals surface area contributed by atoms with Crippen LogP contribution in [-0.2, 0) is 0 Å². The van der Waals surface area contributed by atoms with Gasteiger partial charge in [-0.2, -0.15) is 5.10 Å². The van der Waals surface area contributed by atoms with Crippen molar-refractivity contribution in [3.05, 3.63) is 66.1 Å². The highest BCUT2D eigenvalue weighted by Crippen LogP contribution is 2.33. The molecule has 9 heteroatoms. The van der Waals surface area contributed by atoms with Gasteiger partial charge in [0.25, 0.3) is 5.91 Å². The van der Waals surface area contributed by atoms with Crippen molar-refractivity contribution in [2.45, 2.75) is 26.3 Å². The lowest BCUT2D eigenvalue weighted by atomic mass is 10.0. The number of carbonyl (C=O) groups is 1. The summed E-state index contributed by atoms with van der Waals surface area (Å²) in [6.07, 6.45) is 1.56. The molecule has 0 atom stereocenters. The van der Waals surface area contributed by atoms with Gasteiger partial charge in [-0.05, 0) is 63.2 Å². The molecule has 37 heavy (non-hydrogen) atoms. The summed E-state index contributed by atoms with van der Waals surface area (Å²) in [5.74, 6) is 0.00158.